The summed E-state index contributed by atoms with van der Waals surface area (Å²) in [4.78, 5) is 1.26. The Hall–Kier alpha value is -0.470. The van der Waals surface area contributed by atoms with Gasteiger partial charge in [-0.15, -0.1) is 11.8 Å². The molecule has 1 atom stereocenters. The topological polar surface area (TPSA) is 20.2 Å². The fraction of sp³-hybridized carbons (Fsp3) is 0.538. The number of benzene rings is 1. The maximum Gasteiger partial charge on any atom is 0.0790 e. The molecule has 1 N–H and O–H groups in total. The molecule has 0 amide bonds. The van der Waals surface area contributed by atoms with Crippen LogP contribution in [0.25, 0.3) is 0 Å². The van der Waals surface area contributed by atoms with Crippen LogP contribution in [0.2, 0.25) is 0 Å². The van der Waals surface area contributed by atoms with Gasteiger partial charge in [0, 0.05) is 4.90 Å². The molecule has 82 valence electrons. The molecule has 1 aromatic carbocycles. The van der Waals surface area contributed by atoms with Crippen molar-refractivity contribution >= 4 is 11.8 Å². The van der Waals surface area contributed by atoms with Crippen LogP contribution in [0, 0.1) is 5.92 Å². The minimum absolute atomic E-state index is 0.262. The zero-order valence-electron chi connectivity index (χ0n) is 9.15. The molecule has 15 heavy (non-hydrogen) atoms. The van der Waals surface area contributed by atoms with Crippen molar-refractivity contribution in [3.63, 3.8) is 0 Å². The first-order valence-electron chi connectivity index (χ1n) is 5.61. The molecule has 0 heterocycles. The van der Waals surface area contributed by atoms with E-state index in [-0.39, 0.29) is 6.10 Å². The molecule has 0 radical (unpaired) electrons. The minimum atomic E-state index is -0.262. The Morgan fingerprint density at radius 1 is 1.33 bits per heavy atom. The number of aliphatic hydroxyl groups excluding tert-OH is 1. The Morgan fingerprint density at radius 3 is 2.53 bits per heavy atom. The summed E-state index contributed by atoms with van der Waals surface area (Å²) in [5, 5.41) is 9.95. The minimum Gasteiger partial charge on any atom is -0.388 e. The zero-order valence-corrected chi connectivity index (χ0v) is 9.96. The Balaban J connectivity index is 1.88. The third kappa shape index (κ3) is 3.25. The number of hydrogen-bond acceptors (Lipinski definition) is 2. The van der Waals surface area contributed by atoms with Crippen LogP contribution in [-0.4, -0.2) is 11.4 Å². The van der Waals surface area contributed by atoms with E-state index in [1.165, 1.54) is 24.2 Å². The lowest BCUT2D eigenvalue weighted by atomic mass is 10.0. The Morgan fingerprint density at radius 2 is 2.00 bits per heavy atom. The molecule has 1 unspecified atom stereocenters. The monoisotopic (exact) mass is 222 g/mol. The average Bonchev–Trinajstić information content (AvgIpc) is 3.10. The van der Waals surface area contributed by atoms with Gasteiger partial charge in [0.15, 0.2) is 0 Å². The summed E-state index contributed by atoms with van der Waals surface area (Å²) in [5.74, 6) is 0.908. The number of hydrogen-bond donors (Lipinski definition) is 1. The van der Waals surface area contributed by atoms with Gasteiger partial charge in [-0.2, -0.15) is 0 Å². The molecule has 2 rings (SSSR count). The van der Waals surface area contributed by atoms with Gasteiger partial charge >= 0.3 is 0 Å². The first kappa shape index (κ1) is 11.0. The Kier molecular flexibility index (Phi) is 3.71. The smallest absolute Gasteiger partial charge is 0.0790 e. The first-order valence-corrected chi connectivity index (χ1v) is 6.84. The number of aliphatic hydroxyl groups is 1. The highest BCUT2D eigenvalue weighted by Crippen LogP contribution is 2.35. The van der Waals surface area contributed by atoms with Crippen molar-refractivity contribution < 1.29 is 5.11 Å². The molecule has 1 saturated carbocycles. The summed E-state index contributed by atoms with van der Waals surface area (Å²) in [6.45, 7) is 0. The van der Waals surface area contributed by atoms with Gasteiger partial charge in [-0.3, -0.25) is 0 Å². The highest BCUT2D eigenvalue weighted by Gasteiger charge is 2.22. The summed E-state index contributed by atoms with van der Waals surface area (Å²) in [6, 6.07) is 8.26. The first-order chi connectivity index (χ1) is 7.29. The standard InChI is InChI=1S/C13H18OS/c1-15-12-7-5-11(6-8-12)13(14)9-4-10-2-3-10/h5-8,10,13-14H,2-4,9H2,1H3. The van der Waals surface area contributed by atoms with E-state index in [1.807, 2.05) is 12.1 Å². The van der Waals surface area contributed by atoms with Crippen molar-refractivity contribution in [2.75, 3.05) is 6.26 Å². The zero-order chi connectivity index (χ0) is 10.7. The predicted molar refractivity (Wildman–Crippen MR) is 65.1 cm³/mol. The van der Waals surface area contributed by atoms with Crippen LogP contribution in [-0.2, 0) is 0 Å². The molecule has 1 aliphatic carbocycles. The summed E-state index contributed by atoms with van der Waals surface area (Å²) < 4.78 is 0. The number of thioether (sulfide) groups is 1. The van der Waals surface area contributed by atoms with Crippen LogP contribution in [0.4, 0.5) is 0 Å². The predicted octanol–water partition coefficient (Wildman–Crippen LogP) is 3.63. The van der Waals surface area contributed by atoms with Crippen LogP contribution in [0.3, 0.4) is 0 Å². The molecule has 0 aromatic heterocycles. The van der Waals surface area contributed by atoms with E-state index >= 15 is 0 Å². The van der Waals surface area contributed by atoms with Gasteiger partial charge in [-0.1, -0.05) is 25.0 Å². The Labute approximate surface area is 95.9 Å². The summed E-state index contributed by atoms with van der Waals surface area (Å²) in [6.07, 6.45) is 6.66. The molecule has 1 aliphatic rings. The summed E-state index contributed by atoms with van der Waals surface area (Å²) >= 11 is 1.74. The van der Waals surface area contributed by atoms with E-state index in [4.69, 9.17) is 0 Å². The van der Waals surface area contributed by atoms with E-state index in [9.17, 15) is 5.11 Å². The lowest BCUT2D eigenvalue weighted by molar-refractivity contribution is 0.162. The average molecular weight is 222 g/mol. The van der Waals surface area contributed by atoms with Gasteiger partial charge in [-0.05, 0) is 42.7 Å². The molecular weight excluding hydrogens is 204 g/mol. The fourth-order valence-electron chi connectivity index (χ4n) is 1.79. The molecule has 1 fully saturated rings. The van der Waals surface area contributed by atoms with Crippen LogP contribution < -0.4 is 0 Å². The van der Waals surface area contributed by atoms with Gasteiger partial charge in [0.2, 0.25) is 0 Å². The maximum absolute atomic E-state index is 9.95. The SMILES string of the molecule is CSc1ccc(C(O)CCC2CC2)cc1. The molecule has 1 aromatic rings. The third-order valence-electron chi connectivity index (χ3n) is 3.05. The van der Waals surface area contributed by atoms with Crippen molar-refractivity contribution in [2.45, 2.75) is 36.7 Å². The van der Waals surface area contributed by atoms with E-state index in [0.717, 1.165) is 17.9 Å². The lowest BCUT2D eigenvalue weighted by Gasteiger charge is -2.10. The van der Waals surface area contributed by atoms with Crippen LogP contribution in [0.5, 0.6) is 0 Å². The molecule has 0 bridgehead atoms. The van der Waals surface area contributed by atoms with Gasteiger partial charge in [0.25, 0.3) is 0 Å². The summed E-state index contributed by atoms with van der Waals surface area (Å²) in [7, 11) is 0. The highest BCUT2D eigenvalue weighted by molar-refractivity contribution is 7.98. The molecule has 0 spiro atoms. The second-order valence-electron chi connectivity index (χ2n) is 4.31. The van der Waals surface area contributed by atoms with E-state index in [1.54, 1.807) is 11.8 Å². The van der Waals surface area contributed by atoms with Crippen molar-refractivity contribution in [2.24, 2.45) is 5.92 Å². The molecular formula is C13H18OS. The third-order valence-corrected chi connectivity index (χ3v) is 3.79. The second-order valence-corrected chi connectivity index (χ2v) is 5.19. The van der Waals surface area contributed by atoms with Crippen molar-refractivity contribution in [3.05, 3.63) is 29.8 Å². The van der Waals surface area contributed by atoms with Gasteiger partial charge in [-0.25, -0.2) is 0 Å². The molecule has 1 nitrogen and oxygen atoms in total. The maximum atomic E-state index is 9.95. The van der Waals surface area contributed by atoms with Gasteiger partial charge in [0.1, 0.15) is 0 Å². The van der Waals surface area contributed by atoms with E-state index in [2.05, 4.69) is 18.4 Å². The summed E-state index contributed by atoms with van der Waals surface area (Å²) in [5.41, 5.74) is 1.06. The van der Waals surface area contributed by atoms with E-state index < -0.39 is 0 Å². The largest absolute Gasteiger partial charge is 0.388 e. The molecule has 0 aliphatic heterocycles. The second kappa shape index (κ2) is 5.04. The molecule has 0 saturated heterocycles. The van der Waals surface area contributed by atoms with Crippen molar-refractivity contribution in [3.8, 4) is 0 Å². The Bertz CT molecular complexity index is 303. The van der Waals surface area contributed by atoms with Crippen molar-refractivity contribution in [1.29, 1.82) is 0 Å². The van der Waals surface area contributed by atoms with Gasteiger partial charge < -0.3 is 5.11 Å². The normalized spacial score (nSPS) is 17.7. The quantitative estimate of drug-likeness (QED) is 0.768. The van der Waals surface area contributed by atoms with E-state index in [0.29, 0.717) is 0 Å². The number of rotatable bonds is 5. The van der Waals surface area contributed by atoms with Crippen LogP contribution in [0.15, 0.2) is 29.2 Å². The lowest BCUT2D eigenvalue weighted by Crippen LogP contribution is -1.97. The fourth-order valence-corrected chi connectivity index (χ4v) is 2.20. The van der Waals surface area contributed by atoms with Crippen LogP contribution >= 0.6 is 11.8 Å². The highest BCUT2D eigenvalue weighted by atomic mass is 32.2. The van der Waals surface area contributed by atoms with Crippen LogP contribution in [0.1, 0.15) is 37.4 Å². The van der Waals surface area contributed by atoms with Gasteiger partial charge in [0.05, 0.1) is 6.10 Å². The van der Waals surface area contributed by atoms with Crippen molar-refractivity contribution in [1.82, 2.24) is 0 Å². The molecule has 2 heteroatoms.